The molecule has 0 saturated heterocycles. The van der Waals surface area contributed by atoms with Crippen LogP contribution in [0.1, 0.15) is 30.6 Å². The number of carbonyl (C=O) groups is 2. The van der Waals surface area contributed by atoms with Crippen molar-refractivity contribution >= 4 is 39.3 Å². The molecule has 0 spiro atoms. The van der Waals surface area contributed by atoms with E-state index in [1.54, 1.807) is 42.0 Å². The highest BCUT2D eigenvalue weighted by atomic mass is 16.5. The van der Waals surface area contributed by atoms with E-state index in [2.05, 4.69) is 9.98 Å². The quantitative estimate of drug-likeness (QED) is 0.243. The van der Waals surface area contributed by atoms with E-state index in [1.165, 1.54) is 10.5 Å². The third-order valence-electron chi connectivity index (χ3n) is 6.05. The summed E-state index contributed by atoms with van der Waals surface area (Å²) in [7, 11) is 0. The maximum absolute atomic E-state index is 13.3. The van der Waals surface area contributed by atoms with E-state index >= 15 is 0 Å². The molecule has 3 heterocycles. The fourth-order valence-electron chi connectivity index (χ4n) is 4.35. The first kappa shape index (κ1) is 24.9. The molecule has 0 atom stereocenters. The number of aryl methyl sites for hydroxylation is 1. The number of pyridine rings is 2. The number of hydrogen-bond donors (Lipinski definition) is 0. The van der Waals surface area contributed by atoms with Crippen LogP contribution in [0.25, 0.3) is 27.5 Å². The van der Waals surface area contributed by atoms with Crippen LogP contribution in [0.4, 0.5) is 0 Å². The third kappa shape index (κ3) is 4.78. The van der Waals surface area contributed by atoms with Gasteiger partial charge in [-0.2, -0.15) is 4.99 Å². The lowest BCUT2D eigenvalue weighted by molar-refractivity contribution is -0.120. The fraction of sp³-hybridized carbons (Fsp3) is 0.207. The van der Waals surface area contributed by atoms with Gasteiger partial charge in [-0.3, -0.25) is 14.0 Å². The minimum absolute atomic E-state index is 0.0154. The summed E-state index contributed by atoms with van der Waals surface area (Å²) in [5.41, 5.74) is 0.533. The molecule has 0 fully saturated rings. The zero-order valence-corrected chi connectivity index (χ0v) is 21.1. The predicted molar refractivity (Wildman–Crippen MR) is 143 cm³/mol. The van der Waals surface area contributed by atoms with Crippen molar-refractivity contribution in [3.8, 4) is 5.75 Å². The summed E-state index contributed by atoms with van der Waals surface area (Å²) in [6.07, 6.45) is 2.26. The number of benzene rings is 2. The van der Waals surface area contributed by atoms with Crippen molar-refractivity contribution in [2.75, 3.05) is 13.2 Å². The molecule has 9 nitrogen and oxygen atoms in total. The van der Waals surface area contributed by atoms with Crippen molar-refractivity contribution in [3.05, 3.63) is 94.3 Å². The fourth-order valence-corrected chi connectivity index (χ4v) is 4.35. The molecular formula is C29H26N4O5. The lowest BCUT2D eigenvalue weighted by Crippen LogP contribution is -2.33. The minimum atomic E-state index is -0.682. The van der Waals surface area contributed by atoms with Crippen molar-refractivity contribution in [3.63, 3.8) is 0 Å². The van der Waals surface area contributed by atoms with Crippen LogP contribution in [0, 0.1) is 0 Å². The average molecular weight is 511 g/mol. The van der Waals surface area contributed by atoms with Crippen LogP contribution in [0.5, 0.6) is 5.75 Å². The van der Waals surface area contributed by atoms with Crippen LogP contribution < -0.4 is 15.8 Å². The van der Waals surface area contributed by atoms with E-state index in [-0.39, 0.29) is 35.2 Å². The van der Waals surface area contributed by atoms with Crippen LogP contribution in [0.3, 0.4) is 0 Å². The standard InChI is InChI=1S/C29H26N4O5/c1-3-14-33-26-22(28(35)32-15-8-7-11-24(32)30-26)17-23(29(36)37-4-2)27(33)31-25(34)18-38-21-13-12-19-9-5-6-10-20(19)16-21/h5-13,15-17H,3-4,14,18H2,1-2H3. The van der Waals surface area contributed by atoms with Crippen LogP contribution in [0.2, 0.25) is 0 Å². The molecule has 0 bridgehead atoms. The first-order valence-electron chi connectivity index (χ1n) is 12.4. The molecule has 0 aliphatic rings. The molecule has 1 amide bonds. The third-order valence-corrected chi connectivity index (χ3v) is 6.05. The predicted octanol–water partition coefficient (Wildman–Crippen LogP) is 3.90. The molecule has 0 unspecified atom stereocenters. The Balaban J connectivity index is 1.63. The number of rotatable bonds is 7. The van der Waals surface area contributed by atoms with Crippen LogP contribution in [-0.2, 0) is 16.1 Å². The molecule has 5 aromatic rings. The van der Waals surface area contributed by atoms with Gasteiger partial charge in [0.05, 0.1) is 12.0 Å². The molecule has 0 radical (unpaired) electrons. The summed E-state index contributed by atoms with van der Waals surface area (Å²) in [5, 5.41) is 2.27. The van der Waals surface area contributed by atoms with Gasteiger partial charge in [-0.25, -0.2) is 9.78 Å². The van der Waals surface area contributed by atoms with Crippen molar-refractivity contribution in [1.29, 1.82) is 0 Å². The number of hydrogen-bond acceptors (Lipinski definition) is 6. The summed E-state index contributed by atoms with van der Waals surface area (Å²) in [6, 6.07) is 20.0. The molecule has 0 N–H and O–H groups in total. The lowest BCUT2D eigenvalue weighted by Gasteiger charge is -2.14. The highest BCUT2D eigenvalue weighted by molar-refractivity contribution is 5.94. The summed E-state index contributed by atoms with van der Waals surface area (Å²) < 4.78 is 14.0. The van der Waals surface area contributed by atoms with Crippen molar-refractivity contribution in [2.45, 2.75) is 26.8 Å². The topological polar surface area (TPSA) is 104 Å². The lowest BCUT2D eigenvalue weighted by atomic mass is 10.1. The van der Waals surface area contributed by atoms with Crippen LogP contribution in [0.15, 0.2) is 82.7 Å². The van der Waals surface area contributed by atoms with Gasteiger partial charge in [0.1, 0.15) is 22.6 Å². The largest absolute Gasteiger partial charge is 0.484 e. The normalized spacial score (nSPS) is 11.8. The molecule has 192 valence electrons. The van der Waals surface area contributed by atoms with Gasteiger partial charge in [0.15, 0.2) is 12.1 Å². The van der Waals surface area contributed by atoms with Gasteiger partial charge in [-0.1, -0.05) is 43.3 Å². The van der Waals surface area contributed by atoms with Gasteiger partial charge in [0.2, 0.25) is 0 Å². The van der Waals surface area contributed by atoms with Crippen LogP contribution >= 0.6 is 0 Å². The number of nitrogens with zero attached hydrogens (tertiary/aromatic N) is 4. The number of aromatic nitrogens is 3. The van der Waals surface area contributed by atoms with E-state index in [4.69, 9.17) is 9.47 Å². The first-order valence-corrected chi connectivity index (χ1v) is 12.4. The Morgan fingerprint density at radius 2 is 1.76 bits per heavy atom. The Morgan fingerprint density at radius 3 is 2.55 bits per heavy atom. The number of fused-ring (bicyclic) bond motifs is 3. The molecule has 5 rings (SSSR count). The van der Waals surface area contributed by atoms with Gasteiger partial charge in [0, 0.05) is 12.7 Å². The van der Waals surface area contributed by atoms with E-state index < -0.39 is 11.9 Å². The van der Waals surface area contributed by atoms with Crippen molar-refractivity contribution < 1.29 is 19.1 Å². The Morgan fingerprint density at radius 1 is 0.974 bits per heavy atom. The van der Waals surface area contributed by atoms with Gasteiger partial charge in [-0.15, -0.1) is 0 Å². The summed E-state index contributed by atoms with van der Waals surface area (Å²) in [5.74, 6) is -0.747. The highest BCUT2D eigenvalue weighted by Gasteiger charge is 2.20. The second kappa shape index (κ2) is 10.7. The van der Waals surface area contributed by atoms with Gasteiger partial charge in [-0.05, 0) is 54.4 Å². The second-order valence-electron chi connectivity index (χ2n) is 8.64. The summed E-state index contributed by atoms with van der Waals surface area (Å²) >= 11 is 0. The van der Waals surface area contributed by atoms with Crippen molar-refractivity contribution in [1.82, 2.24) is 14.0 Å². The minimum Gasteiger partial charge on any atom is -0.484 e. The zero-order chi connectivity index (χ0) is 26.6. The van der Waals surface area contributed by atoms with Gasteiger partial charge in [0.25, 0.3) is 11.5 Å². The number of ether oxygens (including phenoxy) is 2. The average Bonchev–Trinajstić information content (AvgIpc) is 2.93. The summed E-state index contributed by atoms with van der Waals surface area (Å²) in [4.78, 5) is 48.2. The van der Waals surface area contributed by atoms with E-state index in [0.29, 0.717) is 30.0 Å². The molecule has 0 saturated carbocycles. The molecule has 2 aromatic carbocycles. The number of carbonyl (C=O) groups excluding carboxylic acids is 2. The van der Waals surface area contributed by atoms with E-state index in [1.807, 2.05) is 43.3 Å². The van der Waals surface area contributed by atoms with Gasteiger partial charge >= 0.3 is 5.97 Å². The molecule has 38 heavy (non-hydrogen) atoms. The highest BCUT2D eigenvalue weighted by Crippen LogP contribution is 2.20. The number of esters is 1. The number of amides is 1. The van der Waals surface area contributed by atoms with Gasteiger partial charge < -0.3 is 14.0 Å². The second-order valence-corrected chi connectivity index (χ2v) is 8.64. The Hall–Kier alpha value is -4.79. The molecule has 0 aliphatic carbocycles. The maximum atomic E-state index is 13.3. The first-order chi connectivity index (χ1) is 18.5. The molecular weight excluding hydrogens is 484 g/mol. The Bertz CT molecular complexity index is 1820. The Kier molecular flexibility index (Phi) is 6.99. The molecule has 3 aromatic heterocycles. The summed E-state index contributed by atoms with van der Waals surface area (Å²) in [6.45, 7) is 3.79. The Labute approximate surface area is 217 Å². The van der Waals surface area contributed by atoms with Crippen LogP contribution in [-0.4, -0.2) is 39.0 Å². The van der Waals surface area contributed by atoms with Crippen molar-refractivity contribution in [2.24, 2.45) is 4.99 Å². The monoisotopic (exact) mass is 510 g/mol. The van der Waals surface area contributed by atoms with E-state index in [9.17, 15) is 14.4 Å². The smallest absolute Gasteiger partial charge is 0.341 e. The zero-order valence-electron chi connectivity index (χ0n) is 21.1. The molecule has 9 heteroatoms. The maximum Gasteiger partial charge on any atom is 0.341 e. The van der Waals surface area contributed by atoms with E-state index in [0.717, 1.165) is 10.8 Å². The molecule has 0 aliphatic heterocycles. The SMILES string of the molecule is CCCn1c(=NC(=O)COc2ccc3ccccc3c2)c(C(=O)OCC)cc2c(=O)n3ccccc3nc21.